The van der Waals surface area contributed by atoms with Gasteiger partial charge < -0.3 is 9.73 Å². The molecule has 2 aliphatic heterocycles. The predicted octanol–water partition coefficient (Wildman–Crippen LogP) is 3.89. The van der Waals surface area contributed by atoms with E-state index in [-0.39, 0.29) is 22.9 Å². The molecule has 2 fully saturated rings. The van der Waals surface area contributed by atoms with E-state index in [0.717, 1.165) is 43.3 Å². The normalized spacial score (nSPS) is 17.9. The molecule has 0 atom stereocenters. The van der Waals surface area contributed by atoms with Crippen LogP contribution in [0.25, 0.3) is 11.3 Å². The summed E-state index contributed by atoms with van der Waals surface area (Å²) in [6.07, 6.45) is 1.70. The van der Waals surface area contributed by atoms with Crippen LogP contribution >= 0.6 is 11.6 Å². The van der Waals surface area contributed by atoms with E-state index in [0.29, 0.717) is 12.2 Å². The molecule has 1 N–H and O–H groups in total. The minimum atomic E-state index is -0.470. The Morgan fingerprint density at radius 1 is 1.13 bits per heavy atom. The van der Waals surface area contributed by atoms with Crippen LogP contribution in [0, 0.1) is 11.2 Å². The SMILES string of the molecule is O=C(CN1CC2(C1)CN(Cc1nc(-c3ccccc3)co1)C2)Nc1cc(F)cc(Cl)c1. The molecule has 5 rings (SSSR count). The Balaban J connectivity index is 1.06. The molecular formula is C23H22ClFN4O2. The molecule has 2 aliphatic rings. The van der Waals surface area contributed by atoms with E-state index < -0.39 is 5.82 Å². The van der Waals surface area contributed by atoms with Gasteiger partial charge in [0.25, 0.3) is 0 Å². The van der Waals surface area contributed by atoms with Crippen molar-refractivity contribution in [2.75, 3.05) is 38.0 Å². The fourth-order valence-electron chi connectivity index (χ4n) is 4.57. The molecule has 1 aromatic heterocycles. The zero-order chi connectivity index (χ0) is 21.4. The molecule has 2 saturated heterocycles. The molecule has 160 valence electrons. The predicted molar refractivity (Wildman–Crippen MR) is 116 cm³/mol. The first-order valence-corrected chi connectivity index (χ1v) is 10.5. The van der Waals surface area contributed by atoms with Crippen LogP contribution in [0.1, 0.15) is 5.89 Å². The van der Waals surface area contributed by atoms with Gasteiger partial charge in [0.05, 0.1) is 13.1 Å². The van der Waals surface area contributed by atoms with Gasteiger partial charge in [-0.1, -0.05) is 41.9 Å². The number of likely N-dealkylation sites (tertiary alicyclic amines) is 2. The fraction of sp³-hybridized carbons (Fsp3) is 0.304. The molecule has 0 bridgehead atoms. The minimum Gasteiger partial charge on any atom is -0.447 e. The highest BCUT2D eigenvalue weighted by Gasteiger charge is 2.51. The highest BCUT2D eigenvalue weighted by Crippen LogP contribution is 2.40. The number of carbonyl (C=O) groups excluding carboxylic acids is 1. The summed E-state index contributed by atoms with van der Waals surface area (Å²) in [4.78, 5) is 21.2. The van der Waals surface area contributed by atoms with Gasteiger partial charge in [0.2, 0.25) is 11.8 Å². The molecule has 0 unspecified atom stereocenters. The monoisotopic (exact) mass is 440 g/mol. The third-order valence-corrected chi connectivity index (χ3v) is 5.95. The maximum atomic E-state index is 13.4. The Hall–Kier alpha value is -2.74. The molecule has 0 radical (unpaired) electrons. The molecule has 2 aromatic carbocycles. The van der Waals surface area contributed by atoms with Crippen molar-refractivity contribution in [2.45, 2.75) is 6.54 Å². The number of aromatic nitrogens is 1. The van der Waals surface area contributed by atoms with Crippen molar-refractivity contribution in [2.24, 2.45) is 5.41 Å². The largest absolute Gasteiger partial charge is 0.447 e. The number of amides is 1. The Kier molecular flexibility index (Phi) is 5.25. The maximum absolute atomic E-state index is 13.4. The van der Waals surface area contributed by atoms with Crippen molar-refractivity contribution in [3.8, 4) is 11.3 Å². The van der Waals surface area contributed by atoms with E-state index in [9.17, 15) is 9.18 Å². The van der Waals surface area contributed by atoms with Crippen molar-refractivity contribution in [1.29, 1.82) is 0 Å². The second-order valence-corrected chi connectivity index (χ2v) is 8.93. The first-order valence-electron chi connectivity index (χ1n) is 10.2. The molecule has 31 heavy (non-hydrogen) atoms. The Bertz CT molecular complexity index is 1070. The highest BCUT2D eigenvalue weighted by atomic mass is 35.5. The van der Waals surface area contributed by atoms with Crippen molar-refractivity contribution < 1.29 is 13.6 Å². The van der Waals surface area contributed by atoms with Crippen molar-refractivity contribution in [3.63, 3.8) is 0 Å². The number of carbonyl (C=O) groups is 1. The van der Waals surface area contributed by atoms with Crippen LogP contribution in [-0.4, -0.2) is 53.4 Å². The highest BCUT2D eigenvalue weighted by molar-refractivity contribution is 6.30. The average molecular weight is 441 g/mol. The van der Waals surface area contributed by atoms with Gasteiger partial charge in [-0.3, -0.25) is 14.6 Å². The molecule has 3 aromatic rings. The van der Waals surface area contributed by atoms with Gasteiger partial charge in [-0.2, -0.15) is 0 Å². The zero-order valence-corrected chi connectivity index (χ0v) is 17.6. The summed E-state index contributed by atoms with van der Waals surface area (Å²) < 4.78 is 19.0. The number of nitrogens with zero attached hydrogens (tertiary/aromatic N) is 3. The topological polar surface area (TPSA) is 61.6 Å². The van der Waals surface area contributed by atoms with Crippen LogP contribution in [-0.2, 0) is 11.3 Å². The zero-order valence-electron chi connectivity index (χ0n) is 16.9. The summed E-state index contributed by atoms with van der Waals surface area (Å²) in [5, 5.41) is 2.97. The van der Waals surface area contributed by atoms with E-state index in [4.69, 9.17) is 16.0 Å². The van der Waals surface area contributed by atoms with Crippen LogP contribution in [0.3, 0.4) is 0 Å². The van der Waals surface area contributed by atoms with Crippen LogP contribution in [0.5, 0.6) is 0 Å². The quantitative estimate of drug-likeness (QED) is 0.630. The molecule has 6 nitrogen and oxygen atoms in total. The Morgan fingerprint density at radius 2 is 1.87 bits per heavy atom. The number of hydrogen-bond acceptors (Lipinski definition) is 5. The van der Waals surface area contributed by atoms with E-state index in [1.807, 2.05) is 30.3 Å². The summed E-state index contributed by atoms with van der Waals surface area (Å²) in [6, 6.07) is 14.0. The lowest BCUT2D eigenvalue weighted by atomic mass is 9.73. The number of anilines is 1. The lowest BCUT2D eigenvalue weighted by Crippen LogP contribution is -2.72. The summed E-state index contributed by atoms with van der Waals surface area (Å²) in [5.74, 6) is 0.0844. The van der Waals surface area contributed by atoms with Gasteiger partial charge in [0.1, 0.15) is 17.8 Å². The van der Waals surface area contributed by atoms with Crippen LogP contribution < -0.4 is 5.32 Å². The molecule has 3 heterocycles. The second-order valence-electron chi connectivity index (χ2n) is 8.49. The van der Waals surface area contributed by atoms with E-state index in [1.165, 1.54) is 18.2 Å². The number of rotatable bonds is 6. The number of oxazole rings is 1. The Labute approximate surface area is 184 Å². The van der Waals surface area contributed by atoms with E-state index in [2.05, 4.69) is 20.1 Å². The summed E-state index contributed by atoms with van der Waals surface area (Å²) in [5.41, 5.74) is 2.52. The number of nitrogens with one attached hydrogen (secondary N) is 1. The first-order chi connectivity index (χ1) is 15.0. The van der Waals surface area contributed by atoms with Gasteiger partial charge >= 0.3 is 0 Å². The van der Waals surface area contributed by atoms with Crippen LogP contribution in [0.2, 0.25) is 5.02 Å². The molecule has 1 amide bonds. The van der Waals surface area contributed by atoms with Gasteiger partial charge in [-0.05, 0) is 18.2 Å². The summed E-state index contributed by atoms with van der Waals surface area (Å²) in [6.45, 7) is 4.66. The molecule has 0 aliphatic carbocycles. The van der Waals surface area contributed by atoms with Crippen molar-refractivity contribution >= 4 is 23.2 Å². The van der Waals surface area contributed by atoms with Gasteiger partial charge in [0.15, 0.2) is 0 Å². The number of benzene rings is 2. The fourth-order valence-corrected chi connectivity index (χ4v) is 4.80. The lowest BCUT2D eigenvalue weighted by molar-refractivity contribution is -0.135. The van der Waals surface area contributed by atoms with Gasteiger partial charge in [0, 0.05) is 47.9 Å². The lowest BCUT2D eigenvalue weighted by Gasteiger charge is -2.60. The number of halogens is 2. The summed E-state index contributed by atoms with van der Waals surface area (Å²) in [7, 11) is 0. The smallest absolute Gasteiger partial charge is 0.238 e. The molecule has 1 spiro atoms. The third kappa shape index (κ3) is 4.49. The maximum Gasteiger partial charge on any atom is 0.238 e. The minimum absolute atomic E-state index is 0.166. The Morgan fingerprint density at radius 3 is 2.61 bits per heavy atom. The molecule has 0 saturated carbocycles. The van der Waals surface area contributed by atoms with E-state index in [1.54, 1.807) is 6.26 Å². The van der Waals surface area contributed by atoms with Crippen molar-refractivity contribution in [1.82, 2.24) is 14.8 Å². The second kappa shape index (κ2) is 8.07. The standard InChI is InChI=1S/C23H22ClFN4O2/c24-17-6-18(25)8-19(7-17)26-21(30)9-28-12-23(13-28)14-29(15-23)10-22-27-20(11-31-22)16-4-2-1-3-5-16/h1-8,11H,9-10,12-15H2,(H,26,30). The summed E-state index contributed by atoms with van der Waals surface area (Å²) >= 11 is 5.83. The first kappa shape index (κ1) is 20.2. The third-order valence-electron chi connectivity index (χ3n) is 5.73. The van der Waals surface area contributed by atoms with Crippen molar-refractivity contribution in [3.05, 3.63) is 71.5 Å². The van der Waals surface area contributed by atoms with Gasteiger partial charge in [-0.25, -0.2) is 9.37 Å². The van der Waals surface area contributed by atoms with E-state index >= 15 is 0 Å². The molecule has 8 heteroatoms. The van der Waals surface area contributed by atoms with Crippen LogP contribution in [0.15, 0.2) is 59.2 Å². The van der Waals surface area contributed by atoms with Gasteiger partial charge in [-0.15, -0.1) is 0 Å². The number of hydrogen-bond donors (Lipinski definition) is 1. The molecular weight excluding hydrogens is 419 g/mol. The van der Waals surface area contributed by atoms with Crippen LogP contribution in [0.4, 0.5) is 10.1 Å². The average Bonchev–Trinajstić information content (AvgIpc) is 3.13.